The Balaban J connectivity index is 1.60. The predicted octanol–water partition coefficient (Wildman–Crippen LogP) is 2.77. The van der Waals surface area contributed by atoms with Gasteiger partial charge < -0.3 is 15.3 Å². The van der Waals surface area contributed by atoms with E-state index in [1.54, 1.807) is 32.3 Å². The van der Waals surface area contributed by atoms with Crippen LogP contribution in [0.2, 0.25) is 0 Å². The molecule has 148 valence electrons. The molecule has 1 aromatic carbocycles. The standard InChI is InChI=1S/C22H23N5O2/c1-22(2,29)18-9-8-16(12-23-18)17-13-24-20-21(25-17)27(14-19(28)26-20)11-10-15-6-4-3-5-7-15/h3-9,12-13,29H,10-11,14H2,1-2H3,(H,24,26,28). The van der Waals surface area contributed by atoms with Gasteiger partial charge in [-0.1, -0.05) is 30.3 Å². The van der Waals surface area contributed by atoms with E-state index in [1.165, 1.54) is 5.56 Å². The van der Waals surface area contributed by atoms with Gasteiger partial charge in [0, 0.05) is 18.3 Å². The highest BCUT2D eigenvalue weighted by Crippen LogP contribution is 2.29. The highest BCUT2D eigenvalue weighted by Gasteiger charge is 2.25. The van der Waals surface area contributed by atoms with Crippen molar-refractivity contribution < 1.29 is 9.90 Å². The molecule has 0 saturated carbocycles. The molecule has 7 heteroatoms. The molecule has 2 N–H and O–H groups in total. The number of hydrogen-bond donors (Lipinski definition) is 2. The van der Waals surface area contributed by atoms with Crippen LogP contribution < -0.4 is 10.2 Å². The third-order valence-corrected chi connectivity index (χ3v) is 4.85. The van der Waals surface area contributed by atoms with Gasteiger partial charge in [0.1, 0.15) is 5.60 Å². The van der Waals surface area contributed by atoms with Crippen molar-refractivity contribution in [2.75, 3.05) is 23.3 Å². The maximum absolute atomic E-state index is 12.1. The number of pyridine rings is 1. The van der Waals surface area contributed by atoms with E-state index in [-0.39, 0.29) is 12.5 Å². The summed E-state index contributed by atoms with van der Waals surface area (Å²) in [6.07, 6.45) is 4.11. The van der Waals surface area contributed by atoms with Crippen LogP contribution in [0.15, 0.2) is 54.9 Å². The summed E-state index contributed by atoms with van der Waals surface area (Å²) >= 11 is 0. The SMILES string of the molecule is CC(C)(O)c1ccc(-c2cnc3c(n2)N(CCc2ccccc2)CC(=O)N3)cn1. The van der Waals surface area contributed by atoms with Gasteiger partial charge in [0.2, 0.25) is 5.91 Å². The number of fused-ring (bicyclic) bond motifs is 1. The minimum Gasteiger partial charge on any atom is -0.384 e. The zero-order valence-corrected chi connectivity index (χ0v) is 16.5. The summed E-state index contributed by atoms with van der Waals surface area (Å²) in [5.74, 6) is 1.03. The average molecular weight is 389 g/mol. The van der Waals surface area contributed by atoms with Crippen LogP contribution in [-0.2, 0) is 16.8 Å². The first kappa shape index (κ1) is 19.0. The Morgan fingerprint density at radius 3 is 2.59 bits per heavy atom. The molecule has 0 unspecified atom stereocenters. The minimum absolute atomic E-state index is 0.0937. The van der Waals surface area contributed by atoms with Crippen molar-refractivity contribution in [2.24, 2.45) is 0 Å². The van der Waals surface area contributed by atoms with E-state index in [2.05, 4.69) is 27.4 Å². The normalized spacial score (nSPS) is 13.8. The van der Waals surface area contributed by atoms with E-state index in [4.69, 9.17) is 4.98 Å². The summed E-state index contributed by atoms with van der Waals surface area (Å²) in [5, 5.41) is 12.9. The van der Waals surface area contributed by atoms with E-state index < -0.39 is 5.60 Å². The molecule has 1 aliphatic heterocycles. The molecule has 0 fully saturated rings. The molecule has 3 heterocycles. The van der Waals surface area contributed by atoms with Gasteiger partial charge in [-0.25, -0.2) is 9.97 Å². The lowest BCUT2D eigenvalue weighted by atomic mass is 10.0. The van der Waals surface area contributed by atoms with E-state index in [0.717, 1.165) is 12.0 Å². The maximum atomic E-state index is 12.1. The van der Waals surface area contributed by atoms with Crippen LogP contribution in [0.1, 0.15) is 25.1 Å². The maximum Gasteiger partial charge on any atom is 0.245 e. The van der Waals surface area contributed by atoms with Gasteiger partial charge in [0.05, 0.1) is 24.1 Å². The van der Waals surface area contributed by atoms with E-state index in [0.29, 0.717) is 29.6 Å². The summed E-state index contributed by atoms with van der Waals surface area (Å²) in [5.41, 5.74) is 2.26. The molecule has 0 radical (unpaired) electrons. The lowest BCUT2D eigenvalue weighted by Gasteiger charge is -2.29. The fourth-order valence-corrected chi connectivity index (χ4v) is 3.25. The molecule has 29 heavy (non-hydrogen) atoms. The molecule has 0 aliphatic carbocycles. The van der Waals surface area contributed by atoms with Gasteiger partial charge in [-0.2, -0.15) is 0 Å². The smallest absolute Gasteiger partial charge is 0.245 e. The number of carbonyl (C=O) groups excluding carboxylic acids is 1. The third kappa shape index (κ3) is 4.25. The van der Waals surface area contributed by atoms with Crippen molar-refractivity contribution in [3.05, 3.63) is 66.1 Å². The van der Waals surface area contributed by atoms with E-state index in [1.807, 2.05) is 29.2 Å². The summed E-state index contributed by atoms with van der Waals surface area (Å²) < 4.78 is 0. The van der Waals surface area contributed by atoms with Crippen molar-refractivity contribution in [1.82, 2.24) is 15.0 Å². The molecule has 2 aromatic heterocycles. The number of aliphatic hydroxyl groups is 1. The number of aromatic nitrogens is 3. The second kappa shape index (κ2) is 7.60. The molecule has 3 aromatic rings. The zero-order chi connectivity index (χ0) is 20.4. The van der Waals surface area contributed by atoms with E-state index in [9.17, 15) is 9.90 Å². The highest BCUT2D eigenvalue weighted by molar-refractivity contribution is 5.99. The molecular formula is C22H23N5O2. The lowest BCUT2D eigenvalue weighted by Crippen LogP contribution is -2.40. The van der Waals surface area contributed by atoms with Gasteiger partial charge in [0.25, 0.3) is 0 Å². The van der Waals surface area contributed by atoms with E-state index >= 15 is 0 Å². The Bertz CT molecular complexity index is 1010. The van der Waals surface area contributed by atoms with Crippen LogP contribution in [0, 0.1) is 0 Å². The summed E-state index contributed by atoms with van der Waals surface area (Å²) in [4.78, 5) is 27.5. The Kier molecular flexibility index (Phi) is 4.98. The molecule has 0 bridgehead atoms. The number of anilines is 2. The first-order valence-electron chi connectivity index (χ1n) is 9.55. The summed E-state index contributed by atoms with van der Waals surface area (Å²) in [6, 6.07) is 13.8. The van der Waals surface area contributed by atoms with Crippen LogP contribution in [0.25, 0.3) is 11.3 Å². The Hall–Kier alpha value is -3.32. The average Bonchev–Trinajstić information content (AvgIpc) is 2.72. The van der Waals surface area contributed by atoms with Gasteiger partial charge in [-0.05, 0) is 38.0 Å². The number of carbonyl (C=O) groups is 1. The fraction of sp³-hybridized carbons (Fsp3) is 0.273. The molecule has 0 saturated heterocycles. The Morgan fingerprint density at radius 2 is 1.90 bits per heavy atom. The molecular weight excluding hydrogens is 366 g/mol. The Morgan fingerprint density at radius 1 is 1.10 bits per heavy atom. The van der Waals surface area contributed by atoms with Crippen molar-refractivity contribution in [3.63, 3.8) is 0 Å². The van der Waals surface area contributed by atoms with Crippen molar-refractivity contribution >= 4 is 17.5 Å². The van der Waals surface area contributed by atoms with Crippen molar-refractivity contribution in [3.8, 4) is 11.3 Å². The fourth-order valence-electron chi connectivity index (χ4n) is 3.25. The number of amides is 1. The predicted molar refractivity (Wildman–Crippen MR) is 111 cm³/mol. The number of nitrogens with zero attached hydrogens (tertiary/aromatic N) is 4. The molecule has 7 nitrogen and oxygen atoms in total. The monoisotopic (exact) mass is 389 g/mol. The lowest BCUT2D eigenvalue weighted by molar-refractivity contribution is -0.115. The largest absolute Gasteiger partial charge is 0.384 e. The number of benzene rings is 1. The molecule has 1 aliphatic rings. The van der Waals surface area contributed by atoms with Crippen LogP contribution in [0.3, 0.4) is 0 Å². The minimum atomic E-state index is -1.00. The Labute approximate surface area is 169 Å². The third-order valence-electron chi connectivity index (χ3n) is 4.85. The van der Waals surface area contributed by atoms with Gasteiger partial charge in [-0.3, -0.25) is 9.78 Å². The van der Waals surface area contributed by atoms with Crippen molar-refractivity contribution in [1.29, 1.82) is 0 Å². The topological polar surface area (TPSA) is 91.2 Å². The number of rotatable bonds is 5. The first-order chi connectivity index (χ1) is 13.9. The van der Waals surface area contributed by atoms with Gasteiger partial charge in [0.15, 0.2) is 11.6 Å². The first-order valence-corrected chi connectivity index (χ1v) is 9.55. The molecule has 4 rings (SSSR count). The summed E-state index contributed by atoms with van der Waals surface area (Å²) in [7, 11) is 0. The van der Waals surface area contributed by atoms with Crippen molar-refractivity contribution in [2.45, 2.75) is 25.9 Å². The molecule has 0 spiro atoms. The van der Waals surface area contributed by atoms with Gasteiger partial charge in [-0.15, -0.1) is 0 Å². The van der Waals surface area contributed by atoms with Crippen LogP contribution in [-0.4, -0.2) is 39.1 Å². The van der Waals surface area contributed by atoms with Crippen LogP contribution >= 0.6 is 0 Å². The molecule has 0 atom stereocenters. The summed E-state index contributed by atoms with van der Waals surface area (Å²) in [6.45, 7) is 4.30. The number of nitrogens with one attached hydrogen (secondary N) is 1. The van der Waals surface area contributed by atoms with Crippen LogP contribution in [0.5, 0.6) is 0 Å². The zero-order valence-electron chi connectivity index (χ0n) is 16.5. The molecule has 1 amide bonds. The quantitative estimate of drug-likeness (QED) is 0.697. The second-order valence-corrected chi connectivity index (χ2v) is 7.62. The van der Waals surface area contributed by atoms with Crippen LogP contribution in [0.4, 0.5) is 11.6 Å². The van der Waals surface area contributed by atoms with Gasteiger partial charge >= 0.3 is 0 Å². The number of hydrogen-bond acceptors (Lipinski definition) is 6. The second-order valence-electron chi connectivity index (χ2n) is 7.62. The highest BCUT2D eigenvalue weighted by atomic mass is 16.3.